The molecule has 68 heavy (non-hydrogen) atoms. The maximum atomic E-state index is 14.6. The van der Waals surface area contributed by atoms with Gasteiger partial charge in [-0.2, -0.15) is 105 Å². The number of benzene rings is 2. The van der Waals surface area contributed by atoms with E-state index in [1.165, 1.54) is 0 Å². The molecule has 0 saturated carbocycles. The molecule has 0 aliphatic carbocycles. The lowest BCUT2D eigenvalue weighted by atomic mass is 10.0. The van der Waals surface area contributed by atoms with Crippen molar-refractivity contribution in [3.63, 3.8) is 0 Å². The Labute approximate surface area is 353 Å². The highest BCUT2D eigenvalue weighted by Crippen LogP contribution is 2.57. The molecule has 0 aliphatic heterocycles. The van der Waals surface area contributed by atoms with E-state index < -0.39 is 185 Å². The molecule has 2 aromatic rings. The van der Waals surface area contributed by atoms with Crippen LogP contribution in [0.5, 0.6) is 11.5 Å². The molecule has 2 rings (SSSR count). The van der Waals surface area contributed by atoms with Gasteiger partial charge in [0, 0.05) is 13.1 Å². The first kappa shape index (κ1) is 59.4. The van der Waals surface area contributed by atoms with Crippen molar-refractivity contribution in [3.8, 4) is 11.5 Å². The van der Waals surface area contributed by atoms with E-state index in [0.717, 1.165) is 9.44 Å². The third-order valence-electron chi connectivity index (χ3n) is 7.66. The van der Waals surface area contributed by atoms with Crippen LogP contribution in [0.25, 0.3) is 0 Å². The number of unbranched alkanes of at least 4 members (excludes halogenated alkanes) is 1. The first-order valence-electron chi connectivity index (χ1n) is 15.7. The molecule has 2 aromatic carbocycles. The standard InChI is InChI=1S/C28H10F30N2O6S2/c29-5-7(31)11(35)15(13(9(5)33)65-19(39)17(37)21(41,42)23(45,46)25(49,50)27(53,54)55)67(61,62)59-3-1-2-4-60-68(63,64)16-12(36)8(32)6(30)10(34)14(16)66-20(40)18(38)22(43,44)24(47,48)26(51,52)28(56,57)58/h59-60H,1-4H2. The van der Waals surface area contributed by atoms with Gasteiger partial charge in [0.25, 0.3) is 0 Å². The fourth-order valence-corrected chi connectivity index (χ4v) is 6.71. The van der Waals surface area contributed by atoms with Gasteiger partial charge in [-0.25, -0.2) is 52.6 Å². The van der Waals surface area contributed by atoms with Crippen molar-refractivity contribution in [2.24, 2.45) is 0 Å². The fourth-order valence-electron chi connectivity index (χ4n) is 4.19. The second-order valence-electron chi connectivity index (χ2n) is 12.2. The molecular weight excluding hydrogens is 1090 g/mol. The number of halogens is 30. The Hall–Kier alpha value is -4.76. The number of hydrogen-bond acceptors (Lipinski definition) is 6. The SMILES string of the molecule is O=S(=O)(NCCCCNS(=O)(=O)c1c(F)c(F)c(F)c(F)c1OC(F)=C(F)C(F)(F)C(F)(F)C(F)(F)C(F)(F)F)c1c(F)c(F)c(F)c(F)c1OC(F)=C(F)C(F)(F)C(F)(F)C(F)(F)C(F)(F)F. The molecular formula is C28H10F30N2O6S2. The average Bonchev–Trinajstić information content (AvgIpc) is 3.19. The van der Waals surface area contributed by atoms with E-state index in [0.29, 0.717) is 0 Å². The van der Waals surface area contributed by atoms with E-state index >= 15 is 0 Å². The lowest BCUT2D eigenvalue weighted by Gasteiger charge is -2.32. The molecule has 0 aromatic heterocycles. The molecule has 0 spiro atoms. The highest BCUT2D eigenvalue weighted by Gasteiger charge is 2.84. The number of nitrogens with one attached hydrogen (secondary N) is 2. The zero-order chi connectivity index (χ0) is 53.9. The molecule has 0 aliphatic rings. The molecule has 0 heterocycles. The lowest BCUT2D eigenvalue weighted by Crippen LogP contribution is -2.61. The van der Waals surface area contributed by atoms with E-state index in [-0.39, 0.29) is 0 Å². The second kappa shape index (κ2) is 18.9. The number of alkyl halides is 18. The summed E-state index contributed by atoms with van der Waals surface area (Å²) >= 11 is 0. The topological polar surface area (TPSA) is 111 Å². The van der Waals surface area contributed by atoms with Gasteiger partial charge < -0.3 is 9.47 Å². The molecule has 8 nitrogen and oxygen atoms in total. The first-order valence-corrected chi connectivity index (χ1v) is 18.6. The molecule has 2 N–H and O–H groups in total. The van der Waals surface area contributed by atoms with E-state index in [1.807, 2.05) is 0 Å². The zero-order valence-electron chi connectivity index (χ0n) is 30.4. The van der Waals surface area contributed by atoms with E-state index in [4.69, 9.17) is 0 Å². The Morgan fingerprint density at radius 2 is 0.618 bits per heavy atom. The van der Waals surface area contributed by atoms with Gasteiger partial charge >= 0.3 is 59.9 Å². The highest BCUT2D eigenvalue weighted by atomic mass is 32.2. The summed E-state index contributed by atoms with van der Waals surface area (Å²) in [5.74, 6) is -91.0. The number of ether oxygens (including phenoxy) is 2. The van der Waals surface area contributed by atoms with E-state index in [9.17, 15) is 149 Å². The van der Waals surface area contributed by atoms with Crippen LogP contribution in [0, 0.1) is 46.5 Å². The van der Waals surface area contributed by atoms with Crippen molar-refractivity contribution in [2.45, 2.75) is 70.5 Å². The minimum absolute atomic E-state index is 0.932. The second-order valence-corrected chi connectivity index (χ2v) is 15.6. The number of hydrogen-bond donors (Lipinski definition) is 2. The smallest absolute Gasteiger partial charge is 0.425 e. The van der Waals surface area contributed by atoms with Crippen LogP contribution in [0.2, 0.25) is 0 Å². The summed E-state index contributed by atoms with van der Waals surface area (Å²) in [7, 11) is -12.8. The van der Waals surface area contributed by atoms with Crippen molar-refractivity contribution in [3.05, 3.63) is 70.2 Å². The maximum Gasteiger partial charge on any atom is 0.460 e. The van der Waals surface area contributed by atoms with Crippen LogP contribution < -0.4 is 18.9 Å². The van der Waals surface area contributed by atoms with E-state index in [2.05, 4.69) is 9.47 Å². The third kappa shape index (κ3) is 10.1. The fraction of sp³-hybridized carbons (Fsp3) is 0.429. The molecule has 0 radical (unpaired) electrons. The molecule has 0 saturated heterocycles. The maximum absolute atomic E-state index is 14.6. The number of sulfonamides is 2. The summed E-state index contributed by atoms with van der Waals surface area (Å²) in [5, 5.41) is 0. The normalized spacial score (nSPS) is 15.1. The Kier molecular flexibility index (Phi) is 16.5. The Balaban J connectivity index is 2.48. The summed E-state index contributed by atoms with van der Waals surface area (Å²) in [5.41, 5.74) is 0. The minimum Gasteiger partial charge on any atom is -0.425 e. The highest BCUT2D eigenvalue weighted by molar-refractivity contribution is 7.90. The van der Waals surface area contributed by atoms with Gasteiger partial charge in [0.05, 0.1) is 0 Å². The summed E-state index contributed by atoms with van der Waals surface area (Å²) in [4.78, 5) is -6.13. The van der Waals surface area contributed by atoms with Crippen LogP contribution in [-0.4, -0.2) is 77.8 Å². The average molecular weight is 1100 g/mol. The Morgan fingerprint density at radius 1 is 0.382 bits per heavy atom. The summed E-state index contributed by atoms with van der Waals surface area (Å²) < 4.78 is 464. The van der Waals surface area contributed by atoms with Crippen molar-refractivity contribution in [1.29, 1.82) is 0 Å². The molecule has 0 fully saturated rings. The molecule has 0 amide bonds. The Morgan fingerprint density at radius 3 is 0.853 bits per heavy atom. The minimum atomic E-state index is -8.07. The van der Waals surface area contributed by atoms with Gasteiger partial charge in [-0.05, 0) is 12.8 Å². The molecule has 0 atom stereocenters. The molecule has 0 unspecified atom stereocenters. The third-order valence-corrected chi connectivity index (χ3v) is 10.6. The van der Waals surface area contributed by atoms with Gasteiger partial charge in [-0.3, -0.25) is 0 Å². The van der Waals surface area contributed by atoms with Crippen LogP contribution in [0.15, 0.2) is 33.5 Å². The lowest BCUT2D eigenvalue weighted by molar-refractivity contribution is -0.392. The molecule has 390 valence electrons. The Bertz CT molecular complexity index is 2400. The largest absolute Gasteiger partial charge is 0.460 e. The molecule has 40 heteroatoms. The predicted molar refractivity (Wildman–Crippen MR) is 154 cm³/mol. The van der Waals surface area contributed by atoms with Crippen molar-refractivity contribution in [1.82, 2.24) is 9.44 Å². The van der Waals surface area contributed by atoms with Gasteiger partial charge in [-0.1, -0.05) is 0 Å². The monoisotopic (exact) mass is 1100 g/mol. The first-order chi connectivity index (χ1) is 30.1. The van der Waals surface area contributed by atoms with Crippen molar-refractivity contribution < 1.29 is 158 Å². The van der Waals surface area contributed by atoms with Gasteiger partial charge in [0.2, 0.25) is 55.0 Å². The zero-order valence-corrected chi connectivity index (χ0v) is 32.1. The summed E-state index contributed by atoms with van der Waals surface area (Å²) in [6.07, 6.45) is -17.7. The van der Waals surface area contributed by atoms with Crippen molar-refractivity contribution >= 4 is 20.0 Å². The van der Waals surface area contributed by atoms with Crippen LogP contribution in [-0.2, 0) is 20.0 Å². The predicted octanol–water partition coefficient (Wildman–Crippen LogP) is 10.7. The summed E-state index contributed by atoms with van der Waals surface area (Å²) in [6, 6.07) is -8.75. The quantitative estimate of drug-likeness (QED) is 0.0477. The van der Waals surface area contributed by atoms with E-state index in [1.54, 1.807) is 0 Å². The van der Waals surface area contributed by atoms with Crippen molar-refractivity contribution in [2.75, 3.05) is 13.1 Å². The number of allylic oxidation sites excluding steroid dienone is 2. The van der Waals surface area contributed by atoms with Gasteiger partial charge in [-0.15, -0.1) is 0 Å². The van der Waals surface area contributed by atoms with Crippen LogP contribution in [0.1, 0.15) is 12.8 Å². The number of rotatable bonds is 19. The summed E-state index contributed by atoms with van der Waals surface area (Å²) in [6.45, 7) is -3.12. The molecule has 0 bridgehead atoms. The van der Waals surface area contributed by atoms with Crippen LogP contribution >= 0.6 is 0 Å². The van der Waals surface area contributed by atoms with Gasteiger partial charge in [0.1, 0.15) is 0 Å². The van der Waals surface area contributed by atoms with Gasteiger partial charge in [0.15, 0.2) is 44.6 Å². The van der Waals surface area contributed by atoms with Crippen LogP contribution in [0.4, 0.5) is 132 Å². The van der Waals surface area contributed by atoms with Crippen LogP contribution in [0.3, 0.4) is 0 Å².